The lowest BCUT2D eigenvalue weighted by Crippen LogP contribution is -2.36. The van der Waals surface area contributed by atoms with Crippen LogP contribution >= 0.6 is 23.4 Å². The van der Waals surface area contributed by atoms with Gasteiger partial charge in [0.2, 0.25) is 11.8 Å². The molecule has 132 valence electrons. The summed E-state index contributed by atoms with van der Waals surface area (Å²) >= 11 is 7.38. The SMILES string of the molecule is CSc1ccccc1NC(=O)CN(C)CC(=O)Nc1ccc(Cl)cc1. The molecule has 0 atom stereocenters. The smallest absolute Gasteiger partial charge is 0.238 e. The molecule has 0 bridgehead atoms. The van der Waals surface area contributed by atoms with Gasteiger partial charge in [-0.2, -0.15) is 0 Å². The Morgan fingerprint density at radius 2 is 1.60 bits per heavy atom. The number of nitrogens with zero attached hydrogens (tertiary/aromatic N) is 1. The Labute approximate surface area is 156 Å². The van der Waals surface area contributed by atoms with Crippen molar-refractivity contribution in [1.82, 2.24) is 4.90 Å². The maximum absolute atomic E-state index is 12.2. The largest absolute Gasteiger partial charge is 0.325 e. The van der Waals surface area contributed by atoms with Crippen LogP contribution in [0.1, 0.15) is 0 Å². The second-order valence-electron chi connectivity index (χ2n) is 5.48. The van der Waals surface area contributed by atoms with Gasteiger partial charge >= 0.3 is 0 Å². The highest BCUT2D eigenvalue weighted by Gasteiger charge is 2.12. The van der Waals surface area contributed by atoms with Gasteiger partial charge in [-0.15, -0.1) is 11.8 Å². The molecule has 25 heavy (non-hydrogen) atoms. The summed E-state index contributed by atoms with van der Waals surface area (Å²) in [5, 5.41) is 6.25. The molecular weight excluding hydrogens is 358 g/mol. The minimum atomic E-state index is -0.192. The average Bonchev–Trinajstić information content (AvgIpc) is 2.57. The predicted octanol–water partition coefficient (Wildman–Crippen LogP) is 3.57. The van der Waals surface area contributed by atoms with Gasteiger partial charge in [-0.25, -0.2) is 0 Å². The molecule has 7 heteroatoms. The number of hydrogen-bond acceptors (Lipinski definition) is 4. The van der Waals surface area contributed by atoms with Crippen molar-refractivity contribution in [3.8, 4) is 0 Å². The standard InChI is InChI=1S/C18H20ClN3O2S/c1-22(11-17(23)20-14-9-7-13(19)8-10-14)12-18(24)21-15-5-3-4-6-16(15)25-2/h3-10H,11-12H2,1-2H3,(H,20,23)(H,21,24). The molecule has 0 aliphatic rings. The van der Waals surface area contributed by atoms with E-state index in [9.17, 15) is 9.59 Å². The Morgan fingerprint density at radius 3 is 2.24 bits per heavy atom. The van der Waals surface area contributed by atoms with E-state index in [0.717, 1.165) is 10.6 Å². The van der Waals surface area contributed by atoms with Crippen LogP contribution in [0.5, 0.6) is 0 Å². The van der Waals surface area contributed by atoms with E-state index in [0.29, 0.717) is 10.7 Å². The Hall–Kier alpha value is -2.02. The summed E-state index contributed by atoms with van der Waals surface area (Å²) in [6.45, 7) is 0.233. The third-order valence-electron chi connectivity index (χ3n) is 3.34. The van der Waals surface area contributed by atoms with E-state index >= 15 is 0 Å². The zero-order valence-electron chi connectivity index (χ0n) is 14.1. The van der Waals surface area contributed by atoms with Gasteiger partial charge in [0, 0.05) is 15.6 Å². The Morgan fingerprint density at radius 1 is 1.00 bits per heavy atom. The molecule has 5 nitrogen and oxygen atoms in total. The average molecular weight is 378 g/mol. The van der Waals surface area contributed by atoms with Gasteiger partial charge in [0.15, 0.2) is 0 Å². The number of anilines is 2. The molecule has 0 radical (unpaired) electrons. The maximum atomic E-state index is 12.2. The minimum Gasteiger partial charge on any atom is -0.325 e. The molecule has 2 N–H and O–H groups in total. The zero-order valence-corrected chi connectivity index (χ0v) is 15.7. The van der Waals surface area contributed by atoms with Crippen molar-refractivity contribution in [3.05, 3.63) is 53.6 Å². The van der Waals surface area contributed by atoms with E-state index < -0.39 is 0 Å². The van der Waals surface area contributed by atoms with Gasteiger partial charge in [-0.1, -0.05) is 23.7 Å². The molecule has 0 spiro atoms. The first kappa shape index (κ1) is 19.3. The lowest BCUT2D eigenvalue weighted by molar-refractivity contribution is -0.119. The van der Waals surface area contributed by atoms with Crippen LogP contribution < -0.4 is 10.6 Å². The summed E-state index contributed by atoms with van der Waals surface area (Å²) in [7, 11) is 1.72. The molecule has 0 heterocycles. The second-order valence-corrected chi connectivity index (χ2v) is 6.76. The molecule has 2 aromatic rings. The van der Waals surface area contributed by atoms with Gasteiger partial charge in [0.1, 0.15) is 0 Å². The molecule has 2 rings (SSSR count). The lowest BCUT2D eigenvalue weighted by atomic mass is 10.3. The Balaban J connectivity index is 1.82. The fourth-order valence-electron chi connectivity index (χ4n) is 2.22. The van der Waals surface area contributed by atoms with Gasteiger partial charge in [0.05, 0.1) is 18.8 Å². The molecule has 0 aromatic heterocycles. The topological polar surface area (TPSA) is 61.4 Å². The number of nitrogens with one attached hydrogen (secondary N) is 2. The van der Waals surface area contributed by atoms with Crippen molar-refractivity contribution >= 4 is 46.6 Å². The van der Waals surface area contributed by atoms with Crippen LogP contribution in [0.25, 0.3) is 0 Å². The lowest BCUT2D eigenvalue weighted by Gasteiger charge is -2.16. The minimum absolute atomic E-state index is 0.111. The first-order chi connectivity index (χ1) is 12.0. The van der Waals surface area contributed by atoms with Crippen LogP contribution in [-0.4, -0.2) is 43.1 Å². The number of rotatable bonds is 7. The van der Waals surface area contributed by atoms with Crippen molar-refractivity contribution in [1.29, 1.82) is 0 Å². The number of halogens is 1. The monoisotopic (exact) mass is 377 g/mol. The van der Waals surface area contributed by atoms with Gasteiger partial charge in [0.25, 0.3) is 0 Å². The highest BCUT2D eigenvalue weighted by atomic mass is 35.5. The number of likely N-dealkylation sites (N-methyl/N-ethyl adjacent to an activating group) is 1. The first-order valence-electron chi connectivity index (χ1n) is 7.65. The molecule has 0 aliphatic carbocycles. The van der Waals surface area contributed by atoms with Gasteiger partial charge in [-0.3, -0.25) is 14.5 Å². The summed E-state index contributed by atoms with van der Waals surface area (Å²) in [5.74, 6) is -0.356. The first-order valence-corrected chi connectivity index (χ1v) is 9.25. The summed E-state index contributed by atoms with van der Waals surface area (Å²) in [5.41, 5.74) is 1.44. The molecule has 0 unspecified atom stereocenters. The highest BCUT2D eigenvalue weighted by molar-refractivity contribution is 7.98. The van der Waals surface area contributed by atoms with Crippen molar-refractivity contribution in [2.75, 3.05) is 37.0 Å². The van der Waals surface area contributed by atoms with E-state index in [1.807, 2.05) is 30.5 Å². The quantitative estimate of drug-likeness (QED) is 0.724. The van der Waals surface area contributed by atoms with Gasteiger partial charge in [-0.05, 0) is 49.7 Å². The number of thioether (sulfide) groups is 1. The molecular formula is C18H20ClN3O2S. The van der Waals surface area contributed by atoms with Crippen LogP contribution in [0.4, 0.5) is 11.4 Å². The van der Waals surface area contributed by atoms with Crippen LogP contribution in [0.3, 0.4) is 0 Å². The van der Waals surface area contributed by atoms with E-state index in [1.54, 1.807) is 48.0 Å². The van der Waals surface area contributed by atoms with Crippen LogP contribution in [-0.2, 0) is 9.59 Å². The second kappa shape index (κ2) is 9.46. The molecule has 2 aromatic carbocycles. The number of carbonyl (C=O) groups excluding carboxylic acids is 2. The number of benzene rings is 2. The number of carbonyl (C=O) groups is 2. The highest BCUT2D eigenvalue weighted by Crippen LogP contribution is 2.24. The van der Waals surface area contributed by atoms with E-state index in [1.165, 1.54) is 0 Å². The summed E-state index contributed by atoms with van der Waals surface area (Å²) in [4.78, 5) is 26.8. The maximum Gasteiger partial charge on any atom is 0.238 e. The van der Waals surface area contributed by atoms with E-state index in [2.05, 4.69) is 10.6 Å². The van der Waals surface area contributed by atoms with Crippen molar-refractivity contribution in [2.24, 2.45) is 0 Å². The zero-order chi connectivity index (χ0) is 18.2. The third-order valence-corrected chi connectivity index (χ3v) is 4.38. The summed E-state index contributed by atoms with van der Waals surface area (Å²) < 4.78 is 0. The normalized spacial score (nSPS) is 10.6. The van der Waals surface area contributed by atoms with Crippen molar-refractivity contribution in [2.45, 2.75) is 4.90 Å². The van der Waals surface area contributed by atoms with Crippen LogP contribution in [0.2, 0.25) is 5.02 Å². The van der Waals surface area contributed by atoms with Gasteiger partial charge < -0.3 is 10.6 Å². The van der Waals surface area contributed by atoms with E-state index in [-0.39, 0.29) is 24.9 Å². The fraction of sp³-hybridized carbons (Fsp3) is 0.222. The molecule has 2 amide bonds. The Kier molecular flexibility index (Phi) is 7.31. The molecule has 0 saturated heterocycles. The van der Waals surface area contributed by atoms with Crippen LogP contribution in [0, 0.1) is 0 Å². The summed E-state index contributed by atoms with van der Waals surface area (Å²) in [6.07, 6.45) is 1.96. The fourth-order valence-corrected chi connectivity index (χ4v) is 2.90. The third kappa shape index (κ3) is 6.42. The number of amides is 2. The molecule has 0 saturated carbocycles. The summed E-state index contributed by atoms with van der Waals surface area (Å²) in [6, 6.07) is 14.5. The predicted molar refractivity (Wildman–Crippen MR) is 104 cm³/mol. The number of para-hydroxylation sites is 1. The van der Waals surface area contributed by atoms with Crippen molar-refractivity contribution in [3.63, 3.8) is 0 Å². The number of hydrogen-bond donors (Lipinski definition) is 2. The van der Waals surface area contributed by atoms with Crippen molar-refractivity contribution < 1.29 is 9.59 Å². The Bertz CT molecular complexity index is 737. The van der Waals surface area contributed by atoms with E-state index in [4.69, 9.17) is 11.6 Å². The molecule has 0 fully saturated rings. The molecule has 0 aliphatic heterocycles. The van der Waals surface area contributed by atoms with Crippen LogP contribution in [0.15, 0.2) is 53.4 Å².